The summed E-state index contributed by atoms with van der Waals surface area (Å²) in [4.78, 5) is 16.6. The number of benzene rings is 2. The van der Waals surface area contributed by atoms with Crippen molar-refractivity contribution in [1.82, 2.24) is 29.9 Å². The van der Waals surface area contributed by atoms with Crippen LogP contribution in [0.4, 0.5) is 0 Å². The topological polar surface area (TPSA) is 77.6 Å². The molecule has 2 aromatic heterocycles. The van der Waals surface area contributed by atoms with Crippen molar-refractivity contribution in [2.24, 2.45) is 0 Å². The minimum Gasteiger partial charge on any atom is -0.354 e. The van der Waals surface area contributed by atoms with Gasteiger partial charge in [-0.15, -0.1) is 5.10 Å². The van der Waals surface area contributed by atoms with Crippen LogP contribution in [0.1, 0.15) is 11.4 Å². The number of nitrogens with zero attached hydrogens (tertiary/aromatic N) is 5. The molecule has 0 aliphatic carbocycles. The van der Waals surface area contributed by atoms with Crippen molar-refractivity contribution in [2.75, 3.05) is 6.54 Å². The molecule has 4 aromatic rings. The van der Waals surface area contributed by atoms with Crippen molar-refractivity contribution >= 4 is 16.9 Å². The molecule has 0 spiro atoms. The quantitative estimate of drug-likeness (QED) is 0.547. The molecule has 0 saturated heterocycles. The molecule has 0 radical (unpaired) electrons. The number of amides is 1. The van der Waals surface area contributed by atoms with Gasteiger partial charge in [0.05, 0.1) is 5.52 Å². The molecule has 1 amide bonds. The highest BCUT2D eigenvalue weighted by atomic mass is 16.2. The smallest absolute Gasteiger partial charge is 0.241 e. The first-order valence-corrected chi connectivity index (χ1v) is 8.88. The summed E-state index contributed by atoms with van der Waals surface area (Å²) in [6, 6.07) is 17.8. The number of rotatable bonds is 7. The fraction of sp³-hybridized carbons (Fsp3) is 0.200. The predicted molar refractivity (Wildman–Crippen MR) is 102 cm³/mol. The zero-order valence-corrected chi connectivity index (χ0v) is 14.8. The van der Waals surface area contributed by atoms with Gasteiger partial charge in [-0.1, -0.05) is 47.7 Å². The van der Waals surface area contributed by atoms with E-state index in [2.05, 4.69) is 37.3 Å². The van der Waals surface area contributed by atoms with Gasteiger partial charge in [0.1, 0.15) is 17.9 Å². The Morgan fingerprint density at radius 2 is 1.85 bits per heavy atom. The maximum Gasteiger partial charge on any atom is 0.241 e. The second-order valence-corrected chi connectivity index (χ2v) is 6.29. The van der Waals surface area contributed by atoms with Crippen LogP contribution in [0.2, 0.25) is 0 Å². The van der Waals surface area contributed by atoms with E-state index >= 15 is 0 Å². The van der Waals surface area contributed by atoms with Crippen LogP contribution in [0.15, 0.2) is 67.0 Å². The van der Waals surface area contributed by atoms with E-state index in [9.17, 15) is 4.79 Å². The summed E-state index contributed by atoms with van der Waals surface area (Å²) in [7, 11) is 0. The number of imidazole rings is 1. The van der Waals surface area contributed by atoms with Crippen LogP contribution < -0.4 is 5.32 Å². The Morgan fingerprint density at radius 1 is 1.04 bits per heavy atom. The first kappa shape index (κ1) is 17.0. The van der Waals surface area contributed by atoms with E-state index in [0.717, 1.165) is 23.4 Å². The van der Waals surface area contributed by atoms with Crippen molar-refractivity contribution in [2.45, 2.75) is 19.5 Å². The van der Waals surface area contributed by atoms with Crippen LogP contribution in [0, 0.1) is 0 Å². The molecule has 7 nitrogen and oxygen atoms in total. The minimum absolute atomic E-state index is 0.0909. The summed E-state index contributed by atoms with van der Waals surface area (Å²) in [6.45, 7) is 1.45. The number of para-hydroxylation sites is 1. The Labute approximate surface area is 156 Å². The lowest BCUT2D eigenvalue weighted by molar-refractivity contribution is -0.121. The first-order valence-electron chi connectivity index (χ1n) is 8.88. The standard InChI is InChI=1S/C20H20N6O/c27-20(15-26-18-9-5-4-8-17(18)23-24-26)22-11-10-19-21-12-13-25(19)14-16-6-2-1-3-7-16/h1-9,12-13H,10-11,14-15H2,(H,22,27). The van der Waals surface area contributed by atoms with Crippen molar-refractivity contribution in [3.63, 3.8) is 0 Å². The predicted octanol–water partition coefficient (Wildman–Crippen LogP) is 2.03. The van der Waals surface area contributed by atoms with Crippen LogP contribution in [0.5, 0.6) is 0 Å². The Balaban J connectivity index is 1.31. The monoisotopic (exact) mass is 360 g/mol. The van der Waals surface area contributed by atoms with E-state index in [1.165, 1.54) is 5.56 Å². The average molecular weight is 360 g/mol. The summed E-state index contributed by atoms with van der Waals surface area (Å²) >= 11 is 0. The number of hydrogen-bond acceptors (Lipinski definition) is 4. The maximum atomic E-state index is 12.2. The minimum atomic E-state index is -0.0909. The highest BCUT2D eigenvalue weighted by molar-refractivity contribution is 5.79. The lowest BCUT2D eigenvalue weighted by Gasteiger charge is -2.09. The highest BCUT2D eigenvalue weighted by Gasteiger charge is 2.09. The van der Waals surface area contributed by atoms with Gasteiger partial charge in [0, 0.05) is 31.9 Å². The molecule has 0 aliphatic heterocycles. The van der Waals surface area contributed by atoms with E-state index in [-0.39, 0.29) is 12.5 Å². The third kappa shape index (κ3) is 4.03. The van der Waals surface area contributed by atoms with Crippen LogP contribution in [0.25, 0.3) is 11.0 Å². The van der Waals surface area contributed by atoms with E-state index < -0.39 is 0 Å². The average Bonchev–Trinajstić information content (AvgIpc) is 3.30. The number of hydrogen-bond donors (Lipinski definition) is 1. The zero-order chi connectivity index (χ0) is 18.5. The van der Waals surface area contributed by atoms with E-state index in [1.54, 1.807) is 10.9 Å². The normalized spacial score (nSPS) is 11.0. The molecule has 0 saturated carbocycles. The molecule has 27 heavy (non-hydrogen) atoms. The number of carbonyl (C=O) groups is 1. The van der Waals surface area contributed by atoms with Crippen LogP contribution in [0.3, 0.4) is 0 Å². The van der Waals surface area contributed by atoms with E-state index in [1.807, 2.05) is 48.7 Å². The van der Waals surface area contributed by atoms with Crippen LogP contribution >= 0.6 is 0 Å². The second-order valence-electron chi connectivity index (χ2n) is 6.29. The fourth-order valence-corrected chi connectivity index (χ4v) is 3.03. The molecule has 0 aliphatic rings. The molecule has 136 valence electrons. The molecule has 0 unspecified atom stereocenters. The number of nitrogens with one attached hydrogen (secondary N) is 1. The number of aromatic nitrogens is 5. The fourth-order valence-electron chi connectivity index (χ4n) is 3.03. The molecule has 7 heteroatoms. The highest BCUT2D eigenvalue weighted by Crippen LogP contribution is 2.09. The lowest BCUT2D eigenvalue weighted by atomic mass is 10.2. The van der Waals surface area contributed by atoms with E-state index in [4.69, 9.17) is 0 Å². The van der Waals surface area contributed by atoms with Gasteiger partial charge < -0.3 is 9.88 Å². The van der Waals surface area contributed by atoms with Gasteiger partial charge in [-0.2, -0.15) is 0 Å². The summed E-state index contributed by atoms with van der Waals surface area (Å²) in [5.41, 5.74) is 2.86. The molecule has 0 atom stereocenters. The number of carbonyl (C=O) groups excluding carboxylic acids is 1. The Bertz CT molecular complexity index is 1040. The first-order chi connectivity index (χ1) is 13.3. The van der Waals surface area contributed by atoms with Crippen molar-refractivity contribution in [3.05, 3.63) is 78.4 Å². The van der Waals surface area contributed by atoms with Crippen LogP contribution in [-0.4, -0.2) is 37.0 Å². The molecule has 4 rings (SSSR count). The molecule has 0 fully saturated rings. The maximum absolute atomic E-state index is 12.2. The van der Waals surface area contributed by atoms with Gasteiger partial charge in [-0.3, -0.25) is 4.79 Å². The third-order valence-electron chi connectivity index (χ3n) is 4.38. The van der Waals surface area contributed by atoms with Gasteiger partial charge in [-0.05, 0) is 17.7 Å². The van der Waals surface area contributed by atoms with Crippen molar-refractivity contribution in [3.8, 4) is 0 Å². The molecule has 0 bridgehead atoms. The second kappa shape index (κ2) is 7.82. The molecule has 1 N–H and O–H groups in total. The molecule has 2 aromatic carbocycles. The Hall–Kier alpha value is -3.48. The van der Waals surface area contributed by atoms with Gasteiger partial charge in [0.2, 0.25) is 5.91 Å². The van der Waals surface area contributed by atoms with Gasteiger partial charge in [0.15, 0.2) is 0 Å². The van der Waals surface area contributed by atoms with Crippen LogP contribution in [-0.2, 0) is 24.3 Å². The van der Waals surface area contributed by atoms with Crippen molar-refractivity contribution < 1.29 is 4.79 Å². The van der Waals surface area contributed by atoms with Gasteiger partial charge >= 0.3 is 0 Å². The Kier molecular flexibility index (Phi) is 4.91. The summed E-state index contributed by atoms with van der Waals surface area (Å²) in [5, 5.41) is 11.0. The largest absolute Gasteiger partial charge is 0.354 e. The summed E-state index contributed by atoms with van der Waals surface area (Å²) < 4.78 is 3.72. The molecule has 2 heterocycles. The summed E-state index contributed by atoms with van der Waals surface area (Å²) in [6.07, 6.45) is 4.43. The van der Waals surface area contributed by atoms with E-state index in [0.29, 0.717) is 13.0 Å². The lowest BCUT2D eigenvalue weighted by Crippen LogP contribution is -2.30. The zero-order valence-electron chi connectivity index (χ0n) is 14.8. The summed E-state index contributed by atoms with van der Waals surface area (Å²) in [5.74, 6) is 0.858. The van der Waals surface area contributed by atoms with Crippen molar-refractivity contribution in [1.29, 1.82) is 0 Å². The van der Waals surface area contributed by atoms with Gasteiger partial charge in [0.25, 0.3) is 0 Å². The Morgan fingerprint density at radius 3 is 2.74 bits per heavy atom. The third-order valence-corrected chi connectivity index (χ3v) is 4.38. The molecular formula is C20H20N6O. The van der Waals surface area contributed by atoms with Gasteiger partial charge in [-0.25, -0.2) is 9.67 Å². The molecular weight excluding hydrogens is 340 g/mol. The SMILES string of the molecule is O=C(Cn1nnc2ccccc21)NCCc1nccn1Cc1ccccc1. The number of fused-ring (bicyclic) bond motifs is 1.